The van der Waals surface area contributed by atoms with E-state index in [1.165, 1.54) is 16.2 Å². The second-order valence-corrected chi connectivity index (χ2v) is 11.6. The maximum Gasteiger partial charge on any atom is 0.411 e. The van der Waals surface area contributed by atoms with Crippen LogP contribution in [-0.4, -0.2) is 40.6 Å². The zero-order valence-corrected chi connectivity index (χ0v) is 20.3. The summed E-state index contributed by atoms with van der Waals surface area (Å²) in [7, 11) is 0. The molecule has 10 heteroatoms. The van der Waals surface area contributed by atoms with Gasteiger partial charge in [-0.05, 0) is 77.8 Å². The first-order valence-corrected chi connectivity index (χ1v) is 11.8. The van der Waals surface area contributed by atoms with Crippen LogP contribution in [-0.2, 0) is 16.0 Å². The van der Waals surface area contributed by atoms with Gasteiger partial charge in [0.15, 0.2) is 5.82 Å². The number of halogens is 3. The van der Waals surface area contributed by atoms with Gasteiger partial charge in [-0.25, -0.2) is 9.18 Å². The lowest BCUT2D eigenvalue weighted by Crippen LogP contribution is -2.55. The molecular formula is C19H22Br2FN3O3S. The van der Waals surface area contributed by atoms with Crippen molar-refractivity contribution < 1.29 is 18.7 Å². The molecule has 29 heavy (non-hydrogen) atoms. The Morgan fingerprint density at radius 2 is 2.10 bits per heavy atom. The smallest absolute Gasteiger partial charge is 0.411 e. The molecule has 1 aliphatic carbocycles. The SMILES string of the molecule is CC(C)(C)OC(=O)N1[C@@H]2CC[C@@H](C2)[C@H]1C(=O)NC(C#N)Cc1sc(Br)c(Br)c1F. The van der Waals surface area contributed by atoms with Gasteiger partial charge in [-0.15, -0.1) is 11.3 Å². The summed E-state index contributed by atoms with van der Waals surface area (Å²) in [5.41, 5.74) is -0.660. The first kappa shape index (κ1) is 22.5. The fourth-order valence-corrected chi connectivity index (χ4v) is 6.22. The van der Waals surface area contributed by atoms with Gasteiger partial charge in [0, 0.05) is 17.3 Å². The lowest BCUT2D eigenvalue weighted by molar-refractivity contribution is -0.128. The summed E-state index contributed by atoms with van der Waals surface area (Å²) in [6.45, 7) is 5.35. The van der Waals surface area contributed by atoms with E-state index in [4.69, 9.17) is 4.74 Å². The highest BCUT2D eigenvalue weighted by Crippen LogP contribution is 2.43. The number of amides is 2. The van der Waals surface area contributed by atoms with Gasteiger partial charge in [0.1, 0.15) is 17.7 Å². The minimum Gasteiger partial charge on any atom is -0.444 e. The van der Waals surface area contributed by atoms with Crippen LogP contribution in [0, 0.1) is 23.1 Å². The maximum atomic E-state index is 14.2. The van der Waals surface area contributed by atoms with E-state index >= 15 is 0 Å². The van der Waals surface area contributed by atoms with Gasteiger partial charge in [0.25, 0.3) is 0 Å². The maximum absolute atomic E-state index is 14.2. The lowest BCUT2D eigenvalue weighted by atomic mass is 9.97. The van der Waals surface area contributed by atoms with Crippen LogP contribution < -0.4 is 5.32 Å². The third kappa shape index (κ3) is 4.78. The topological polar surface area (TPSA) is 82.4 Å². The van der Waals surface area contributed by atoms with E-state index in [-0.39, 0.29) is 24.3 Å². The summed E-state index contributed by atoms with van der Waals surface area (Å²) in [6.07, 6.45) is 2.01. The monoisotopic (exact) mass is 549 g/mol. The van der Waals surface area contributed by atoms with Crippen LogP contribution in [0.1, 0.15) is 44.9 Å². The normalized spacial score (nSPS) is 24.3. The quantitative estimate of drug-likeness (QED) is 0.586. The Bertz CT molecular complexity index is 864. The van der Waals surface area contributed by atoms with Gasteiger partial charge in [-0.1, -0.05) is 0 Å². The first-order valence-electron chi connectivity index (χ1n) is 9.35. The molecule has 2 fully saturated rings. The van der Waals surface area contributed by atoms with Crippen molar-refractivity contribution in [2.45, 2.75) is 70.2 Å². The molecule has 1 aromatic heterocycles. The average molecular weight is 551 g/mol. The molecule has 2 aliphatic rings. The number of ether oxygens (including phenoxy) is 1. The molecule has 6 nitrogen and oxygen atoms in total. The fraction of sp³-hybridized carbons (Fsp3) is 0.632. The molecule has 3 rings (SSSR count). The third-order valence-corrected chi connectivity index (χ3v) is 8.54. The molecule has 0 radical (unpaired) electrons. The van der Waals surface area contributed by atoms with Crippen molar-refractivity contribution in [1.82, 2.24) is 10.2 Å². The molecule has 158 valence electrons. The van der Waals surface area contributed by atoms with E-state index in [2.05, 4.69) is 37.2 Å². The Morgan fingerprint density at radius 3 is 2.66 bits per heavy atom. The van der Waals surface area contributed by atoms with Gasteiger partial charge in [0.05, 0.1) is 14.3 Å². The number of nitriles is 1. The predicted octanol–water partition coefficient (Wildman–Crippen LogP) is 4.75. The number of nitrogens with zero attached hydrogens (tertiary/aromatic N) is 2. The summed E-state index contributed by atoms with van der Waals surface area (Å²) in [5, 5.41) is 12.2. The number of hydrogen-bond donors (Lipinski definition) is 1. The van der Waals surface area contributed by atoms with Gasteiger partial charge < -0.3 is 10.1 Å². The van der Waals surface area contributed by atoms with E-state index in [0.717, 1.165) is 19.3 Å². The van der Waals surface area contributed by atoms with Crippen molar-refractivity contribution in [1.29, 1.82) is 5.26 Å². The second kappa shape index (κ2) is 8.52. The van der Waals surface area contributed by atoms with E-state index in [9.17, 15) is 19.2 Å². The molecule has 0 aromatic carbocycles. The van der Waals surface area contributed by atoms with Crippen molar-refractivity contribution >= 4 is 55.2 Å². The molecular weight excluding hydrogens is 529 g/mol. The van der Waals surface area contributed by atoms with Crippen molar-refractivity contribution in [2.24, 2.45) is 5.92 Å². The summed E-state index contributed by atoms with van der Waals surface area (Å²) in [6, 6.07) is 0.454. The molecule has 4 atom stereocenters. The highest BCUT2D eigenvalue weighted by Gasteiger charge is 2.52. The predicted molar refractivity (Wildman–Crippen MR) is 114 cm³/mol. The number of rotatable bonds is 4. The lowest BCUT2D eigenvalue weighted by Gasteiger charge is -2.35. The zero-order valence-electron chi connectivity index (χ0n) is 16.3. The Hall–Kier alpha value is -1.18. The van der Waals surface area contributed by atoms with Crippen LogP contribution in [0.15, 0.2) is 8.26 Å². The molecule has 2 bridgehead atoms. The number of fused-ring (bicyclic) bond motifs is 2. The van der Waals surface area contributed by atoms with E-state index in [1.54, 1.807) is 20.8 Å². The number of hydrogen-bond acceptors (Lipinski definition) is 5. The summed E-state index contributed by atoms with van der Waals surface area (Å²) >= 11 is 7.58. The minimum atomic E-state index is -0.894. The summed E-state index contributed by atoms with van der Waals surface area (Å²) in [4.78, 5) is 27.6. The van der Waals surface area contributed by atoms with Crippen LogP contribution in [0.25, 0.3) is 0 Å². The number of nitrogens with one attached hydrogen (secondary N) is 1. The minimum absolute atomic E-state index is 0.0206. The van der Waals surface area contributed by atoms with Crippen molar-refractivity contribution in [3.05, 3.63) is 19.0 Å². The largest absolute Gasteiger partial charge is 0.444 e. The van der Waals surface area contributed by atoms with Crippen molar-refractivity contribution in [3.8, 4) is 6.07 Å². The van der Waals surface area contributed by atoms with E-state index in [0.29, 0.717) is 13.1 Å². The molecule has 2 amide bonds. The van der Waals surface area contributed by atoms with Crippen molar-refractivity contribution in [2.75, 3.05) is 0 Å². The Kier molecular flexibility index (Phi) is 6.61. The fourth-order valence-electron chi connectivity index (χ4n) is 4.01. The van der Waals surface area contributed by atoms with Gasteiger partial charge in [-0.3, -0.25) is 9.69 Å². The second-order valence-electron chi connectivity index (χ2n) is 8.38. The average Bonchev–Trinajstić information content (AvgIpc) is 3.30. The number of carbonyl (C=O) groups is 2. The Balaban J connectivity index is 1.72. The van der Waals surface area contributed by atoms with Crippen molar-refractivity contribution in [3.63, 3.8) is 0 Å². The molecule has 1 aliphatic heterocycles. The molecule has 1 saturated carbocycles. The highest BCUT2D eigenvalue weighted by atomic mass is 79.9. The first-order chi connectivity index (χ1) is 13.5. The molecule has 1 aromatic rings. The van der Waals surface area contributed by atoms with Crippen LogP contribution in [0.3, 0.4) is 0 Å². The molecule has 0 spiro atoms. The Labute approximate surface area is 190 Å². The number of piperidine rings is 1. The Morgan fingerprint density at radius 1 is 1.41 bits per heavy atom. The molecule has 2 heterocycles. The van der Waals surface area contributed by atoms with Gasteiger partial charge in [-0.2, -0.15) is 5.26 Å². The van der Waals surface area contributed by atoms with E-state index < -0.39 is 29.6 Å². The van der Waals surface area contributed by atoms with Crippen LogP contribution >= 0.6 is 43.2 Å². The summed E-state index contributed by atoms with van der Waals surface area (Å²) in [5.74, 6) is -0.773. The van der Waals surface area contributed by atoms with E-state index in [1.807, 2.05) is 6.07 Å². The summed E-state index contributed by atoms with van der Waals surface area (Å²) < 4.78 is 20.6. The zero-order chi connectivity index (χ0) is 21.5. The standard InChI is InChI=1S/C19H22Br2FN3O3S/c1-19(2,3)28-18(27)25-11-5-4-9(6-11)15(25)17(26)24-10(8-23)7-12-14(22)13(20)16(21)29-12/h9-11,15H,4-7H2,1-3H3,(H,24,26)/t9-,10?,11+,15-/m0/s1. The van der Waals surface area contributed by atoms with Crippen LogP contribution in [0.4, 0.5) is 9.18 Å². The molecule has 1 unspecified atom stereocenters. The van der Waals surface area contributed by atoms with Crippen LogP contribution in [0.5, 0.6) is 0 Å². The molecule has 1 N–H and O–H groups in total. The van der Waals surface area contributed by atoms with Gasteiger partial charge in [0.2, 0.25) is 5.91 Å². The highest BCUT2D eigenvalue weighted by molar-refractivity contribution is 9.13. The number of likely N-dealkylation sites (tertiary alicyclic amines) is 1. The third-order valence-electron chi connectivity index (χ3n) is 5.14. The number of thiophene rings is 1. The molecule has 1 saturated heterocycles. The number of carbonyl (C=O) groups excluding carboxylic acids is 2. The van der Waals surface area contributed by atoms with Crippen LogP contribution in [0.2, 0.25) is 0 Å². The van der Waals surface area contributed by atoms with Gasteiger partial charge >= 0.3 is 6.09 Å².